The smallest absolute Gasteiger partial charge is 0.0366 e. The first-order chi connectivity index (χ1) is 9.60. The summed E-state index contributed by atoms with van der Waals surface area (Å²) in [7, 11) is 0. The third-order valence-corrected chi connectivity index (χ3v) is 4.67. The molecule has 0 aliphatic rings. The lowest BCUT2D eigenvalue weighted by Gasteiger charge is -2.31. The van der Waals surface area contributed by atoms with Gasteiger partial charge in [0.25, 0.3) is 0 Å². The van der Waals surface area contributed by atoms with Crippen molar-refractivity contribution >= 4 is 0 Å². The maximum absolute atomic E-state index is 6.71. The zero-order valence-electron chi connectivity index (χ0n) is 14.6. The molecule has 0 amide bonds. The molecule has 0 fully saturated rings. The molecule has 0 unspecified atom stereocenters. The molecule has 0 spiro atoms. The largest absolute Gasteiger partial charge is 0.322 e. The van der Waals surface area contributed by atoms with Crippen LogP contribution in [0.1, 0.15) is 105 Å². The average molecular weight is 282 g/mol. The molecular weight excluding hydrogens is 242 g/mol. The Kier molecular flexibility index (Phi) is 12.3. The maximum atomic E-state index is 6.71. The highest BCUT2D eigenvalue weighted by atomic mass is 14.7. The minimum Gasteiger partial charge on any atom is -0.322 e. The Bertz CT molecular complexity index is 228. The number of allylic oxidation sites excluding steroid dienone is 1. The number of rotatable bonds is 13. The molecule has 1 heteroatoms. The Morgan fingerprint density at radius 1 is 0.800 bits per heavy atom. The fourth-order valence-electron chi connectivity index (χ4n) is 2.89. The Morgan fingerprint density at radius 3 is 1.55 bits per heavy atom. The summed E-state index contributed by atoms with van der Waals surface area (Å²) in [5.74, 6) is 0. The molecule has 0 aliphatic heterocycles. The fraction of sp³-hybridized carbons (Fsp3) is 0.895. The molecule has 0 saturated heterocycles. The van der Waals surface area contributed by atoms with Gasteiger partial charge in [-0.1, -0.05) is 89.7 Å². The molecule has 0 bridgehead atoms. The zero-order valence-corrected chi connectivity index (χ0v) is 14.6. The summed E-state index contributed by atoms with van der Waals surface area (Å²) in [6.45, 7) is 8.89. The van der Waals surface area contributed by atoms with Crippen LogP contribution in [0.2, 0.25) is 0 Å². The van der Waals surface area contributed by atoms with Gasteiger partial charge >= 0.3 is 0 Å². The van der Waals surface area contributed by atoms with Crippen LogP contribution in [0.15, 0.2) is 11.6 Å². The van der Waals surface area contributed by atoms with E-state index in [1.165, 1.54) is 82.6 Å². The molecule has 0 atom stereocenters. The summed E-state index contributed by atoms with van der Waals surface area (Å²) in [6, 6.07) is 0. The number of nitrogens with two attached hydrogens (primary N) is 1. The van der Waals surface area contributed by atoms with Crippen molar-refractivity contribution in [3.05, 3.63) is 11.6 Å². The van der Waals surface area contributed by atoms with Crippen molar-refractivity contribution in [3.8, 4) is 0 Å². The second kappa shape index (κ2) is 12.4. The summed E-state index contributed by atoms with van der Waals surface area (Å²) in [5, 5.41) is 0. The van der Waals surface area contributed by atoms with Gasteiger partial charge < -0.3 is 5.73 Å². The molecule has 20 heavy (non-hydrogen) atoms. The molecule has 0 aliphatic carbocycles. The van der Waals surface area contributed by atoms with Crippen LogP contribution < -0.4 is 5.73 Å². The van der Waals surface area contributed by atoms with Gasteiger partial charge in [0, 0.05) is 5.54 Å². The summed E-state index contributed by atoms with van der Waals surface area (Å²) in [5.41, 5.74) is 8.07. The van der Waals surface area contributed by atoms with Gasteiger partial charge in [0.1, 0.15) is 0 Å². The molecule has 0 aromatic heterocycles. The van der Waals surface area contributed by atoms with Gasteiger partial charge in [-0.2, -0.15) is 0 Å². The lowest BCUT2D eigenvalue weighted by Crippen LogP contribution is -2.41. The first-order valence-corrected chi connectivity index (χ1v) is 9.03. The first kappa shape index (κ1) is 19.7. The van der Waals surface area contributed by atoms with E-state index in [2.05, 4.69) is 33.8 Å². The van der Waals surface area contributed by atoms with Gasteiger partial charge in [0.15, 0.2) is 0 Å². The van der Waals surface area contributed by atoms with Crippen LogP contribution in [0.5, 0.6) is 0 Å². The van der Waals surface area contributed by atoms with Gasteiger partial charge in [-0.3, -0.25) is 0 Å². The lowest BCUT2D eigenvalue weighted by molar-refractivity contribution is 0.384. The van der Waals surface area contributed by atoms with Crippen molar-refractivity contribution < 1.29 is 0 Å². The monoisotopic (exact) mass is 281 g/mol. The Morgan fingerprint density at radius 2 is 1.20 bits per heavy atom. The van der Waals surface area contributed by atoms with Crippen molar-refractivity contribution in [3.63, 3.8) is 0 Å². The van der Waals surface area contributed by atoms with Gasteiger partial charge in [-0.25, -0.2) is 0 Å². The van der Waals surface area contributed by atoms with E-state index in [4.69, 9.17) is 5.73 Å². The van der Waals surface area contributed by atoms with E-state index in [1.807, 2.05) is 0 Å². The predicted octanol–water partition coefficient (Wildman–Crippen LogP) is 6.37. The highest BCUT2D eigenvalue weighted by Crippen LogP contribution is 2.27. The van der Waals surface area contributed by atoms with E-state index in [0.29, 0.717) is 0 Å². The molecule has 0 aromatic rings. The van der Waals surface area contributed by atoms with E-state index < -0.39 is 0 Å². The molecule has 0 radical (unpaired) electrons. The van der Waals surface area contributed by atoms with Gasteiger partial charge in [0.2, 0.25) is 0 Å². The van der Waals surface area contributed by atoms with Crippen LogP contribution in [0.25, 0.3) is 0 Å². The van der Waals surface area contributed by atoms with Gasteiger partial charge in [-0.15, -0.1) is 0 Å². The summed E-state index contributed by atoms with van der Waals surface area (Å²) >= 11 is 0. The zero-order chi connectivity index (χ0) is 15.3. The van der Waals surface area contributed by atoms with Crippen LogP contribution in [-0.2, 0) is 0 Å². The number of unbranched alkanes of at least 4 members (excludes halogenated alkanes) is 8. The Balaban J connectivity index is 4.09. The summed E-state index contributed by atoms with van der Waals surface area (Å²) < 4.78 is 0. The van der Waals surface area contributed by atoms with E-state index in [1.54, 1.807) is 0 Å². The number of hydrogen-bond acceptors (Lipinski definition) is 1. The third kappa shape index (κ3) is 8.79. The van der Waals surface area contributed by atoms with Gasteiger partial charge in [0.05, 0.1) is 0 Å². The minimum atomic E-state index is -0.0345. The van der Waals surface area contributed by atoms with E-state index in [-0.39, 0.29) is 5.54 Å². The molecular formula is C19H39N. The SMILES string of the molecule is CC=C(C)C(N)(CCCCCCC)CCCCCCC. The predicted molar refractivity (Wildman–Crippen MR) is 93.1 cm³/mol. The van der Waals surface area contributed by atoms with Crippen LogP contribution in [0.3, 0.4) is 0 Å². The quantitative estimate of drug-likeness (QED) is 0.308. The summed E-state index contributed by atoms with van der Waals surface area (Å²) in [6.07, 6.45) is 18.0. The third-order valence-electron chi connectivity index (χ3n) is 4.67. The Hall–Kier alpha value is -0.300. The lowest BCUT2D eigenvalue weighted by atomic mass is 9.81. The number of hydrogen-bond donors (Lipinski definition) is 1. The topological polar surface area (TPSA) is 26.0 Å². The molecule has 0 aromatic carbocycles. The van der Waals surface area contributed by atoms with Gasteiger partial charge in [-0.05, 0) is 26.7 Å². The minimum absolute atomic E-state index is 0.0345. The van der Waals surface area contributed by atoms with Crippen LogP contribution >= 0.6 is 0 Å². The average Bonchev–Trinajstić information content (AvgIpc) is 2.46. The first-order valence-electron chi connectivity index (χ1n) is 9.03. The van der Waals surface area contributed by atoms with Crippen molar-refractivity contribution in [2.24, 2.45) is 5.73 Å². The highest BCUT2D eigenvalue weighted by Gasteiger charge is 2.25. The normalized spacial score (nSPS) is 12.9. The van der Waals surface area contributed by atoms with Crippen LogP contribution in [-0.4, -0.2) is 5.54 Å². The standard InChI is InChI=1S/C19H39N/c1-5-8-10-12-14-16-19(20,18(4)7-3)17-15-13-11-9-6-2/h7H,5-6,8-17,20H2,1-4H3. The molecule has 1 nitrogen and oxygen atoms in total. The molecule has 0 heterocycles. The van der Waals surface area contributed by atoms with E-state index in [9.17, 15) is 0 Å². The maximum Gasteiger partial charge on any atom is 0.0366 e. The molecule has 0 saturated carbocycles. The van der Waals surface area contributed by atoms with Crippen LogP contribution in [0, 0.1) is 0 Å². The summed E-state index contributed by atoms with van der Waals surface area (Å²) in [4.78, 5) is 0. The van der Waals surface area contributed by atoms with Crippen LogP contribution in [0.4, 0.5) is 0 Å². The molecule has 2 N–H and O–H groups in total. The van der Waals surface area contributed by atoms with Crippen molar-refractivity contribution in [2.75, 3.05) is 0 Å². The Labute approximate surface area is 128 Å². The van der Waals surface area contributed by atoms with Crippen molar-refractivity contribution in [1.82, 2.24) is 0 Å². The van der Waals surface area contributed by atoms with Crippen molar-refractivity contribution in [1.29, 1.82) is 0 Å². The highest BCUT2D eigenvalue weighted by molar-refractivity contribution is 5.16. The van der Waals surface area contributed by atoms with E-state index >= 15 is 0 Å². The second-order valence-corrected chi connectivity index (χ2v) is 6.46. The fourth-order valence-corrected chi connectivity index (χ4v) is 2.89. The molecule has 0 rings (SSSR count). The van der Waals surface area contributed by atoms with E-state index in [0.717, 1.165) is 0 Å². The van der Waals surface area contributed by atoms with Crippen molar-refractivity contribution in [2.45, 2.75) is 110 Å². The second-order valence-electron chi connectivity index (χ2n) is 6.46. The molecule has 120 valence electrons.